The first-order valence-electron chi connectivity index (χ1n) is 4.60. The molecule has 1 rings (SSSR count). The van der Waals surface area contributed by atoms with E-state index in [0.29, 0.717) is 15.4 Å². The molecular formula is C10H13Br2NO2. The number of aromatic hydroxyl groups is 1. The summed E-state index contributed by atoms with van der Waals surface area (Å²) in [6, 6.07) is 3.47. The molecule has 1 aromatic carbocycles. The van der Waals surface area contributed by atoms with Crippen molar-refractivity contribution in [2.45, 2.75) is 18.9 Å². The largest absolute Gasteiger partial charge is 0.506 e. The quantitative estimate of drug-likeness (QED) is 0.790. The monoisotopic (exact) mass is 337 g/mol. The minimum Gasteiger partial charge on any atom is -0.506 e. The molecule has 0 heterocycles. The summed E-state index contributed by atoms with van der Waals surface area (Å²) >= 11 is 6.50. The summed E-state index contributed by atoms with van der Waals surface area (Å²) in [5.41, 5.74) is 6.87. The van der Waals surface area contributed by atoms with Crippen molar-refractivity contribution in [1.29, 1.82) is 0 Å². The topological polar surface area (TPSA) is 66.5 Å². The zero-order valence-corrected chi connectivity index (χ0v) is 11.3. The van der Waals surface area contributed by atoms with Crippen LogP contribution in [0.4, 0.5) is 0 Å². The Labute approximate surface area is 106 Å². The third kappa shape index (κ3) is 3.45. The zero-order valence-electron chi connectivity index (χ0n) is 8.08. The van der Waals surface area contributed by atoms with Gasteiger partial charge in [0.15, 0.2) is 0 Å². The summed E-state index contributed by atoms with van der Waals surface area (Å²) in [7, 11) is 0. The molecule has 0 saturated heterocycles. The van der Waals surface area contributed by atoms with Gasteiger partial charge in [0.1, 0.15) is 5.75 Å². The molecule has 0 amide bonds. The van der Waals surface area contributed by atoms with E-state index in [9.17, 15) is 5.11 Å². The number of nitrogens with two attached hydrogens (primary N) is 1. The van der Waals surface area contributed by atoms with Gasteiger partial charge in [0.2, 0.25) is 0 Å². The van der Waals surface area contributed by atoms with Crippen LogP contribution < -0.4 is 5.73 Å². The van der Waals surface area contributed by atoms with Crippen molar-refractivity contribution in [3.8, 4) is 5.75 Å². The van der Waals surface area contributed by atoms with E-state index in [-0.39, 0.29) is 18.4 Å². The Hall–Kier alpha value is -0.100. The van der Waals surface area contributed by atoms with Crippen LogP contribution >= 0.6 is 31.9 Å². The Bertz CT molecular complexity index is 321. The predicted molar refractivity (Wildman–Crippen MR) is 66.8 cm³/mol. The number of halogens is 2. The van der Waals surface area contributed by atoms with E-state index in [2.05, 4.69) is 31.9 Å². The SMILES string of the molecule is N[C@H](CCCO)c1cc(Br)c(O)c(Br)c1. The van der Waals surface area contributed by atoms with Crippen LogP contribution in [0.25, 0.3) is 0 Å². The highest BCUT2D eigenvalue weighted by molar-refractivity contribution is 9.11. The molecule has 0 aromatic heterocycles. The number of phenolic OH excluding ortho intramolecular Hbond substituents is 1. The van der Waals surface area contributed by atoms with E-state index in [0.717, 1.165) is 12.0 Å². The molecule has 15 heavy (non-hydrogen) atoms. The highest BCUT2D eigenvalue weighted by atomic mass is 79.9. The van der Waals surface area contributed by atoms with Crippen molar-refractivity contribution in [1.82, 2.24) is 0 Å². The summed E-state index contributed by atoms with van der Waals surface area (Å²) in [5, 5.41) is 18.2. The Morgan fingerprint density at radius 2 is 1.80 bits per heavy atom. The predicted octanol–water partition coefficient (Wildman–Crippen LogP) is 2.69. The van der Waals surface area contributed by atoms with E-state index in [1.807, 2.05) is 0 Å². The molecule has 0 saturated carbocycles. The molecule has 84 valence electrons. The number of hydrogen-bond acceptors (Lipinski definition) is 3. The van der Waals surface area contributed by atoms with Crippen molar-refractivity contribution in [2.24, 2.45) is 5.73 Å². The maximum atomic E-state index is 9.51. The molecule has 0 unspecified atom stereocenters. The average molecular weight is 339 g/mol. The van der Waals surface area contributed by atoms with Gasteiger partial charge >= 0.3 is 0 Å². The van der Waals surface area contributed by atoms with Crippen LogP contribution in [0.3, 0.4) is 0 Å². The molecule has 4 N–H and O–H groups in total. The first-order chi connectivity index (χ1) is 7.06. The fraction of sp³-hybridized carbons (Fsp3) is 0.400. The first-order valence-corrected chi connectivity index (χ1v) is 6.19. The lowest BCUT2D eigenvalue weighted by Crippen LogP contribution is -2.10. The van der Waals surface area contributed by atoms with Crippen molar-refractivity contribution in [2.75, 3.05) is 6.61 Å². The standard InChI is InChI=1S/C10H13Br2NO2/c11-7-4-6(5-8(12)10(7)15)9(13)2-1-3-14/h4-5,9,14-15H,1-3,13H2/t9-/m1/s1. The molecule has 0 aliphatic heterocycles. The minimum absolute atomic E-state index is 0.120. The van der Waals surface area contributed by atoms with E-state index >= 15 is 0 Å². The smallest absolute Gasteiger partial charge is 0.143 e. The van der Waals surface area contributed by atoms with Crippen molar-refractivity contribution >= 4 is 31.9 Å². The van der Waals surface area contributed by atoms with Crippen molar-refractivity contribution in [3.63, 3.8) is 0 Å². The van der Waals surface area contributed by atoms with Gasteiger partial charge in [-0.15, -0.1) is 0 Å². The lowest BCUT2D eigenvalue weighted by atomic mass is 10.0. The second-order valence-electron chi connectivity index (χ2n) is 3.31. The molecular weight excluding hydrogens is 326 g/mol. The van der Waals surface area contributed by atoms with E-state index < -0.39 is 0 Å². The number of hydrogen-bond donors (Lipinski definition) is 3. The van der Waals surface area contributed by atoms with Crippen LogP contribution in [0, 0.1) is 0 Å². The lowest BCUT2D eigenvalue weighted by Gasteiger charge is -2.13. The Kier molecular flexibility index (Phi) is 5.05. The summed E-state index contributed by atoms with van der Waals surface area (Å²) < 4.78 is 1.23. The molecule has 0 radical (unpaired) electrons. The van der Waals surface area contributed by atoms with Crippen molar-refractivity contribution in [3.05, 3.63) is 26.6 Å². The minimum atomic E-state index is -0.120. The summed E-state index contributed by atoms with van der Waals surface area (Å²) in [6.45, 7) is 0.147. The van der Waals surface area contributed by atoms with Gasteiger partial charge in [-0.25, -0.2) is 0 Å². The van der Waals surface area contributed by atoms with Crippen LogP contribution in [-0.4, -0.2) is 16.8 Å². The molecule has 3 nitrogen and oxygen atoms in total. The van der Waals surface area contributed by atoms with Gasteiger partial charge in [-0.3, -0.25) is 0 Å². The van der Waals surface area contributed by atoms with Gasteiger partial charge in [-0.2, -0.15) is 0 Å². The fourth-order valence-corrected chi connectivity index (χ4v) is 2.50. The Balaban J connectivity index is 2.86. The molecule has 1 atom stereocenters. The fourth-order valence-electron chi connectivity index (χ4n) is 1.28. The maximum Gasteiger partial charge on any atom is 0.143 e. The van der Waals surface area contributed by atoms with Gasteiger partial charge in [0, 0.05) is 12.6 Å². The molecule has 0 fully saturated rings. The first kappa shape index (κ1) is 13.0. The Morgan fingerprint density at radius 3 is 2.27 bits per heavy atom. The highest BCUT2D eigenvalue weighted by Gasteiger charge is 2.11. The van der Waals surface area contributed by atoms with Crippen LogP contribution in [0.5, 0.6) is 5.75 Å². The molecule has 0 aliphatic rings. The average Bonchev–Trinajstić information content (AvgIpc) is 2.21. The van der Waals surface area contributed by atoms with Gasteiger partial charge in [-0.05, 0) is 62.4 Å². The molecule has 0 spiro atoms. The molecule has 0 bridgehead atoms. The number of rotatable bonds is 4. The molecule has 0 aliphatic carbocycles. The van der Waals surface area contributed by atoms with E-state index in [1.54, 1.807) is 12.1 Å². The van der Waals surface area contributed by atoms with Gasteiger partial charge in [0.05, 0.1) is 8.95 Å². The van der Waals surface area contributed by atoms with Crippen LogP contribution in [0.1, 0.15) is 24.4 Å². The highest BCUT2D eigenvalue weighted by Crippen LogP contribution is 2.35. The number of phenols is 1. The lowest BCUT2D eigenvalue weighted by molar-refractivity contribution is 0.280. The van der Waals surface area contributed by atoms with Crippen molar-refractivity contribution < 1.29 is 10.2 Å². The normalized spacial score (nSPS) is 12.8. The second-order valence-corrected chi connectivity index (χ2v) is 5.01. The molecule has 5 heteroatoms. The van der Waals surface area contributed by atoms with Gasteiger partial charge in [0.25, 0.3) is 0 Å². The maximum absolute atomic E-state index is 9.51. The van der Waals surface area contributed by atoms with Crippen LogP contribution in [-0.2, 0) is 0 Å². The van der Waals surface area contributed by atoms with E-state index in [4.69, 9.17) is 10.8 Å². The summed E-state index contributed by atoms with van der Waals surface area (Å²) in [5.74, 6) is 0.174. The summed E-state index contributed by atoms with van der Waals surface area (Å²) in [6.07, 6.45) is 1.40. The third-order valence-corrected chi connectivity index (χ3v) is 3.35. The second kappa shape index (κ2) is 5.84. The number of aliphatic hydroxyl groups is 1. The zero-order chi connectivity index (χ0) is 11.4. The van der Waals surface area contributed by atoms with Crippen LogP contribution in [0.2, 0.25) is 0 Å². The van der Waals surface area contributed by atoms with Gasteiger partial charge < -0.3 is 15.9 Å². The van der Waals surface area contributed by atoms with Crippen LogP contribution in [0.15, 0.2) is 21.1 Å². The summed E-state index contributed by atoms with van der Waals surface area (Å²) in [4.78, 5) is 0. The number of aliphatic hydroxyl groups excluding tert-OH is 1. The van der Waals surface area contributed by atoms with Gasteiger partial charge in [-0.1, -0.05) is 0 Å². The molecule has 1 aromatic rings. The number of benzene rings is 1. The Morgan fingerprint density at radius 1 is 1.27 bits per heavy atom. The van der Waals surface area contributed by atoms with E-state index in [1.165, 1.54) is 0 Å². The third-order valence-electron chi connectivity index (χ3n) is 2.14.